The SMILES string of the molecule is O=Cc1c2c3c(c(Nc4ccc(S(=O)(=O)CCCC(=O)O)cc4S(=O)(=O)O)cc(S(=O)(=O)O)c3[nH]c1=O)C(=O)c1ccccc1-2. The predicted octanol–water partition coefficient (Wildman–Crippen LogP) is 2.43. The van der Waals surface area contributed by atoms with E-state index < -0.39 is 96.7 Å². The minimum atomic E-state index is -5.21. The summed E-state index contributed by atoms with van der Waals surface area (Å²) < 4.78 is 95.4. The van der Waals surface area contributed by atoms with Gasteiger partial charge in [-0.3, -0.25) is 28.3 Å². The molecule has 0 aliphatic heterocycles. The van der Waals surface area contributed by atoms with Crippen molar-refractivity contribution in [2.24, 2.45) is 0 Å². The highest BCUT2D eigenvalue weighted by molar-refractivity contribution is 7.91. The Kier molecular flexibility index (Phi) is 7.74. The van der Waals surface area contributed by atoms with Crippen LogP contribution in [0, 0.1) is 0 Å². The Balaban J connectivity index is 1.81. The van der Waals surface area contributed by atoms with Crippen LogP contribution in [0.15, 0.2) is 68.0 Å². The zero-order valence-corrected chi connectivity index (χ0v) is 24.9. The summed E-state index contributed by atoms with van der Waals surface area (Å²) in [5, 5.41) is 11.0. The van der Waals surface area contributed by atoms with Gasteiger partial charge in [0.15, 0.2) is 21.9 Å². The Hall–Kier alpha value is -4.75. The monoisotopic (exact) mass is 676 g/mol. The molecule has 5 N–H and O–H groups in total. The molecule has 3 aromatic carbocycles. The number of carbonyl (C=O) groups is 3. The van der Waals surface area contributed by atoms with Gasteiger partial charge in [-0.25, -0.2) is 8.42 Å². The second-order valence-electron chi connectivity index (χ2n) is 9.83. The first kappa shape index (κ1) is 31.7. The zero-order chi connectivity index (χ0) is 33.1. The molecule has 0 bridgehead atoms. The van der Waals surface area contributed by atoms with Crippen molar-refractivity contribution in [1.82, 2.24) is 4.98 Å². The van der Waals surface area contributed by atoms with Crippen LogP contribution in [0.1, 0.15) is 39.1 Å². The fourth-order valence-corrected chi connectivity index (χ4v) is 7.87. The maximum atomic E-state index is 13.8. The van der Waals surface area contributed by atoms with Gasteiger partial charge in [-0.1, -0.05) is 24.3 Å². The fraction of sp³-hybridized carbons (Fsp3) is 0.111. The molecule has 5 rings (SSSR count). The number of fused-ring (bicyclic) bond motifs is 2. The summed E-state index contributed by atoms with van der Waals surface area (Å²) in [6.07, 6.45) is -0.584. The summed E-state index contributed by atoms with van der Waals surface area (Å²) >= 11 is 0. The van der Waals surface area contributed by atoms with Gasteiger partial charge in [-0.05, 0) is 36.2 Å². The highest BCUT2D eigenvalue weighted by Crippen LogP contribution is 2.45. The van der Waals surface area contributed by atoms with E-state index in [0.717, 1.165) is 18.2 Å². The van der Waals surface area contributed by atoms with Gasteiger partial charge in [0, 0.05) is 22.9 Å². The highest BCUT2D eigenvalue weighted by Gasteiger charge is 2.34. The van der Waals surface area contributed by atoms with E-state index in [9.17, 15) is 53.5 Å². The van der Waals surface area contributed by atoms with E-state index in [1.54, 1.807) is 0 Å². The molecule has 1 aliphatic carbocycles. The van der Waals surface area contributed by atoms with Crippen LogP contribution in [0.25, 0.3) is 22.0 Å². The molecule has 0 radical (unpaired) electrons. The molecular weight excluding hydrogens is 656 g/mol. The Morgan fingerprint density at radius 1 is 0.844 bits per heavy atom. The quantitative estimate of drug-likeness (QED) is 0.105. The van der Waals surface area contributed by atoms with Crippen molar-refractivity contribution in [3.63, 3.8) is 0 Å². The normalized spacial score (nSPS) is 13.0. The molecule has 0 atom stereocenters. The Bertz CT molecular complexity index is 2380. The molecule has 15 nitrogen and oxygen atoms in total. The highest BCUT2D eigenvalue weighted by atomic mass is 32.2. The number of carboxylic acid groups (broad SMARTS) is 1. The van der Waals surface area contributed by atoms with Gasteiger partial charge in [0.2, 0.25) is 0 Å². The van der Waals surface area contributed by atoms with Crippen LogP contribution >= 0.6 is 0 Å². The summed E-state index contributed by atoms with van der Waals surface area (Å²) in [6.45, 7) is 0. The van der Waals surface area contributed by atoms with Crippen LogP contribution < -0.4 is 10.9 Å². The summed E-state index contributed by atoms with van der Waals surface area (Å²) in [5.41, 5.74) is -3.42. The third kappa shape index (κ3) is 5.64. The number of nitrogens with one attached hydrogen (secondary N) is 2. The van der Waals surface area contributed by atoms with Crippen molar-refractivity contribution in [3.8, 4) is 11.1 Å². The largest absolute Gasteiger partial charge is 0.481 e. The van der Waals surface area contributed by atoms with E-state index in [2.05, 4.69) is 10.3 Å². The van der Waals surface area contributed by atoms with Crippen LogP contribution in [0.3, 0.4) is 0 Å². The van der Waals surface area contributed by atoms with Crippen molar-refractivity contribution in [2.45, 2.75) is 27.5 Å². The molecule has 0 spiro atoms. The molecule has 0 fully saturated rings. The molecule has 1 heterocycles. The number of aldehydes is 1. The topological polar surface area (TPSA) is 259 Å². The molecule has 45 heavy (non-hydrogen) atoms. The summed E-state index contributed by atoms with van der Waals surface area (Å²) in [6, 6.07) is 8.93. The number of pyridine rings is 1. The number of H-pyrrole nitrogens is 1. The molecule has 0 unspecified atom stereocenters. The lowest BCUT2D eigenvalue weighted by Gasteiger charge is -2.25. The lowest BCUT2D eigenvalue weighted by molar-refractivity contribution is -0.137. The molecule has 0 saturated carbocycles. The molecular formula is C27H20N2O13S3. The van der Waals surface area contributed by atoms with Crippen molar-refractivity contribution in [2.75, 3.05) is 11.1 Å². The number of rotatable bonds is 10. The second-order valence-corrected chi connectivity index (χ2v) is 14.7. The number of carbonyl (C=O) groups excluding carboxylic acids is 2. The number of hydrogen-bond donors (Lipinski definition) is 5. The summed E-state index contributed by atoms with van der Waals surface area (Å²) in [7, 11) is -14.6. The lowest BCUT2D eigenvalue weighted by atomic mass is 9.81. The molecule has 0 amide bonds. The number of benzene rings is 3. The van der Waals surface area contributed by atoms with E-state index in [-0.39, 0.29) is 40.3 Å². The summed E-state index contributed by atoms with van der Waals surface area (Å²) in [4.78, 5) is 49.2. The molecule has 234 valence electrons. The Morgan fingerprint density at radius 2 is 1.49 bits per heavy atom. The maximum absolute atomic E-state index is 13.8. The van der Waals surface area contributed by atoms with E-state index in [4.69, 9.17) is 5.11 Å². The Morgan fingerprint density at radius 3 is 2.09 bits per heavy atom. The van der Waals surface area contributed by atoms with Crippen LogP contribution in [-0.2, 0) is 34.9 Å². The van der Waals surface area contributed by atoms with Gasteiger partial charge < -0.3 is 15.4 Å². The van der Waals surface area contributed by atoms with Crippen LogP contribution in [0.4, 0.5) is 11.4 Å². The van der Waals surface area contributed by atoms with Crippen LogP contribution in [0.2, 0.25) is 0 Å². The van der Waals surface area contributed by atoms with Gasteiger partial charge in [0.25, 0.3) is 25.8 Å². The van der Waals surface area contributed by atoms with E-state index in [1.807, 2.05) is 0 Å². The number of sulfone groups is 1. The van der Waals surface area contributed by atoms with Gasteiger partial charge in [0.05, 0.1) is 38.7 Å². The van der Waals surface area contributed by atoms with Gasteiger partial charge in [0.1, 0.15) is 9.79 Å². The third-order valence-electron chi connectivity index (χ3n) is 7.02. The number of anilines is 2. The molecule has 1 aromatic heterocycles. The molecule has 0 saturated heterocycles. The first-order valence-electron chi connectivity index (χ1n) is 12.6. The first-order chi connectivity index (χ1) is 21.0. The second kappa shape index (κ2) is 11.0. The number of hydrogen-bond acceptors (Lipinski definition) is 11. The number of aliphatic carboxylic acids is 1. The van der Waals surface area contributed by atoms with Crippen LogP contribution in [0.5, 0.6) is 0 Å². The maximum Gasteiger partial charge on any atom is 0.303 e. The lowest BCUT2D eigenvalue weighted by Crippen LogP contribution is -2.22. The number of aromatic nitrogens is 1. The minimum absolute atomic E-state index is 0.0135. The smallest absolute Gasteiger partial charge is 0.303 e. The van der Waals surface area contributed by atoms with Crippen molar-refractivity contribution in [3.05, 3.63) is 75.6 Å². The Labute approximate surface area is 254 Å². The fourth-order valence-electron chi connectivity index (χ4n) is 5.11. The van der Waals surface area contributed by atoms with E-state index >= 15 is 0 Å². The number of ketones is 1. The van der Waals surface area contributed by atoms with E-state index in [0.29, 0.717) is 6.07 Å². The van der Waals surface area contributed by atoms with Gasteiger partial charge >= 0.3 is 5.97 Å². The number of aromatic amines is 1. The standard InChI is InChI=1S/C27H20N2O13S3/c30-12-16-22-14-4-1-2-5-15(14)26(33)23-18(11-20(45(40,41)42)25(24(22)23)29-27(16)34)28-17-8-7-13(10-19(17)44(37,38)39)43(35,36)9-3-6-21(31)32/h1-2,4-5,7-8,10-12,28H,3,6,9H2,(H,29,34)(H,31,32)(H,37,38,39)(H,40,41,42). The minimum Gasteiger partial charge on any atom is -0.481 e. The molecule has 4 aromatic rings. The summed E-state index contributed by atoms with van der Waals surface area (Å²) in [5.74, 6) is -2.68. The van der Waals surface area contributed by atoms with E-state index in [1.165, 1.54) is 24.3 Å². The molecule has 1 aliphatic rings. The van der Waals surface area contributed by atoms with Gasteiger partial charge in [-0.2, -0.15) is 16.8 Å². The predicted molar refractivity (Wildman–Crippen MR) is 157 cm³/mol. The molecule has 18 heteroatoms. The van der Waals surface area contributed by atoms with Crippen molar-refractivity contribution in [1.29, 1.82) is 0 Å². The number of carboxylic acids is 1. The van der Waals surface area contributed by atoms with Crippen molar-refractivity contribution < 1.29 is 53.8 Å². The van der Waals surface area contributed by atoms with Gasteiger partial charge in [-0.15, -0.1) is 0 Å². The third-order valence-corrected chi connectivity index (χ3v) is 10.6. The van der Waals surface area contributed by atoms with Crippen LogP contribution in [-0.4, -0.2) is 68.2 Å². The zero-order valence-electron chi connectivity index (χ0n) is 22.5. The average molecular weight is 677 g/mol. The first-order valence-corrected chi connectivity index (χ1v) is 17.2. The van der Waals surface area contributed by atoms with Crippen molar-refractivity contribution >= 4 is 70.4 Å². The average Bonchev–Trinajstić information content (AvgIpc) is 2.94.